The molecule has 0 radical (unpaired) electrons. The molecule has 168 valence electrons. The summed E-state index contributed by atoms with van der Waals surface area (Å²) >= 11 is 5.19. The van der Waals surface area contributed by atoms with Crippen LogP contribution in [0, 0.1) is 6.92 Å². The zero-order valence-corrected chi connectivity index (χ0v) is 18.4. The number of nitrogens with zero attached hydrogens (tertiary/aromatic N) is 3. The maximum absolute atomic E-state index is 13.2. The fourth-order valence-electron chi connectivity index (χ4n) is 2.97. The third-order valence-electron chi connectivity index (χ3n) is 4.37. The van der Waals surface area contributed by atoms with Crippen molar-refractivity contribution < 1.29 is 22.6 Å². The van der Waals surface area contributed by atoms with Crippen molar-refractivity contribution in [3.05, 3.63) is 71.8 Å². The molecule has 3 rings (SSSR count). The third-order valence-corrected chi connectivity index (χ3v) is 4.57. The summed E-state index contributed by atoms with van der Waals surface area (Å²) in [5, 5.41) is 2.38. The summed E-state index contributed by atoms with van der Waals surface area (Å²) in [6.45, 7) is 3.93. The van der Waals surface area contributed by atoms with Crippen LogP contribution in [0.2, 0.25) is 0 Å². The van der Waals surface area contributed by atoms with Gasteiger partial charge in [0.2, 0.25) is 11.0 Å². The molecule has 1 heterocycles. The van der Waals surface area contributed by atoms with E-state index in [1.807, 2.05) is 17.7 Å². The van der Waals surface area contributed by atoms with Gasteiger partial charge in [-0.25, -0.2) is 4.98 Å². The number of anilines is 1. The van der Waals surface area contributed by atoms with Crippen molar-refractivity contribution >= 4 is 28.9 Å². The molecule has 0 bridgehead atoms. The first-order chi connectivity index (χ1) is 15.2. The minimum absolute atomic E-state index is 0.154. The summed E-state index contributed by atoms with van der Waals surface area (Å²) in [7, 11) is 1.53. The molecule has 0 saturated heterocycles. The van der Waals surface area contributed by atoms with Crippen molar-refractivity contribution in [3.8, 4) is 11.4 Å². The molecule has 0 saturated carbocycles. The molecule has 0 atom stereocenters. The molecule has 0 aliphatic heterocycles. The number of halogens is 3. The average Bonchev–Trinajstić information content (AvgIpc) is 3.18. The predicted molar refractivity (Wildman–Crippen MR) is 121 cm³/mol. The van der Waals surface area contributed by atoms with Crippen LogP contribution in [0.5, 0.6) is 5.75 Å². The van der Waals surface area contributed by atoms with Crippen LogP contribution in [-0.4, -0.2) is 34.3 Å². The number of hydrogen-bond donors (Lipinski definition) is 1. The first-order valence-corrected chi connectivity index (χ1v) is 10.0. The highest BCUT2D eigenvalue weighted by molar-refractivity contribution is 7.80. The summed E-state index contributed by atoms with van der Waals surface area (Å²) in [6.07, 6.45) is -1.01. The highest BCUT2D eigenvalue weighted by Gasteiger charge is 2.33. The SMILES string of the molecule is CCO/C(=N\C(=S)Nc1ccccc1C(F)(F)F)c1ccc(-n2cnc(C)c2)c(OC)c1. The Labute approximate surface area is 188 Å². The van der Waals surface area contributed by atoms with Gasteiger partial charge in [-0.05, 0) is 56.4 Å². The molecule has 32 heavy (non-hydrogen) atoms. The Hall–Kier alpha value is -3.40. The summed E-state index contributed by atoms with van der Waals surface area (Å²) in [6, 6.07) is 10.3. The number of alkyl halides is 3. The van der Waals surface area contributed by atoms with Crippen LogP contribution in [0.4, 0.5) is 18.9 Å². The minimum atomic E-state index is -4.53. The molecule has 0 aliphatic rings. The number of rotatable bonds is 5. The number of imidazole rings is 1. The third kappa shape index (κ3) is 5.44. The van der Waals surface area contributed by atoms with Crippen molar-refractivity contribution in [2.45, 2.75) is 20.0 Å². The van der Waals surface area contributed by atoms with Crippen LogP contribution in [-0.2, 0) is 10.9 Å². The van der Waals surface area contributed by atoms with Gasteiger partial charge in [-0.2, -0.15) is 18.2 Å². The van der Waals surface area contributed by atoms with Crippen molar-refractivity contribution in [3.63, 3.8) is 0 Å². The number of benzene rings is 2. The maximum atomic E-state index is 13.2. The van der Waals surface area contributed by atoms with Gasteiger partial charge in [0.05, 0.1) is 42.7 Å². The van der Waals surface area contributed by atoms with Gasteiger partial charge in [0, 0.05) is 11.8 Å². The quantitative estimate of drug-likeness (QED) is 0.313. The van der Waals surface area contributed by atoms with Crippen molar-refractivity contribution in [2.24, 2.45) is 4.99 Å². The number of aryl methyl sites for hydroxylation is 1. The molecule has 10 heteroatoms. The van der Waals surface area contributed by atoms with Crippen LogP contribution in [0.15, 0.2) is 60.0 Å². The van der Waals surface area contributed by atoms with Crippen molar-refractivity contribution in [1.82, 2.24) is 9.55 Å². The van der Waals surface area contributed by atoms with Gasteiger partial charge in [0.25, 0.3) is 0 Å². The number of methoxy groups -OCH3 is 1. The van der Waals surface area contributed by atoms with Gasteiger partial charge in [-0.3, -0.25) is 0 Å². The van der Waals surface area contributed by atoms with Crippen LogP contribution in [0.1, 0.15) is 23.7 Å². The zero-order valence-electron chi connectivity index (χ0n) is 17.6. The Bertz CT molecular complexity index is 1140. The van der Waals surface area contributed by atoms with E-state index in [1.165, 1.54) is 25.3 Å². The van der Waals surface area contributed by atoms with Crippen LogP contribution >= 0.6 is 12.2 Å². The second-order valence-electron chi connectivity index (χ2n) is 6.63. The van der Waals surface area contributed by atoms with Crippen molar-refractivity contribution in [1.29, 1.82) is 0 Å². The highest BCUT2D eigenvalue weighted by Crippen LogP contribution is 2.34. The molecule has 0 spiro atoms. The number of para-hydroxylation sites is 1. The van der Waals surface area contributed by atoms with E-state index in [1.54, 1.807) is 31.5 Å². The smallest absolute Gasteiger partial charge is 0.418 e. The number of aliphatic imine (C=N–C) groups is 1. The maximum Gasteiger partial charge on any atom is 0.418 e. The Morgan fingerprint density at radius 2 is 1.97 bits per heavy atom. The van der Waals surface area contributed by atoms with E-state index in [-0.39, 0.29) is 23.3 Å². The van der Waals surface area contributed by atoms with E-state index < -0.39 is 11.7 Å². The number of aromatic nitrogens is 2. The number of nitrogens with one attached hydrogen (secondary N) is 1. The molecular formula is C22H21F3N4O2S. The standard InChI is InChI=1S/C22H21F3N4O2S/c1-4-31-20(28-21(32)27-17-8-6-5-7-16(17)22(23,24)25)15-9-10-18(19(11-15)30-3)29-12-14(2)26-13-29/h5-13H,4H2,1-3H3,(H,27,32)/b28-20-. The van der Waals surface area contributed by atoms with E-state index in [0.29, 0.717) is 11.3 Å². The topological polar surface area (TPSA) is 60.7 Å². The number of thiocarbonyl (C=S) groups is 1. The molecule has 0 aliphatic carbocycles. The number of hydrogen-bond acceptors (Lipinski definition) is 4. The summed E-state index contributed by atoms with van der Waals surface area (Å²) in [5.74, 6) is 0.690. The second kappa shape index (κ2) is 9.82. The van der Waals surface area contributed by atoms with Gasteiger partial charge in [0.15, 0.2) is 0 Å². The van der Waals surface area contributed by atoms with Gasteiger partial charge in [0.1, 0.15) is 5.75 Å². The fraction of sp³-hybridized carbons (Fsp3) is 0.227. The first kappa shape index (κ1) is 23.3. The summed E-state index contributed by atoms with van der Waals surface area (Å²) in [5.41, 5.74) is 1.14. The minimum Gasteiger partial charge on any atom is -0.495 e. The zero-order chi connectivity index (χ0) is 23.3. The molecule has 0 fully saturated rings. The van der Waals surface area contributed by atoms with E-state index in [2.05, 4.69) is 15.3 Å². The van der Waals surface area contributed by atoms with Gasteiger partial charge in [-0.15, -0.1) is 0 Å². The van der Waals surface area contributed by atoms with Gasteiger partial charge >= 0.3 is 6.18 Å². The molecule has 0 amide bonds. The monoisotopic (exact) mass is 462 g/mol. The largest absolute Gasteiger partial charge is 0.495 e. The van der Waals surface area contributed by atoms with E-state index in [9.17, 15) is 13.2 Å². The summed E-state index contributed by atoms with van der Waals surface area (Å²) < 4.78 is 52.7. The van der Waals surface area contributed by atoms with Crippen LogP contribution < -0.4 is 10.1 Å². The normalized spacial score (nSPS) is 11.9. The van der Waals surface area contributed by atoms with Crippen LogP contribution in [0.3, 0.4) is 0 Å². The molecule has 1 aromatic heterocycles. The summed E-state index contributed by atoms with van der Waals surface area (Å²) in [4.78, 5) is 8.42. The van der Waals surface area contributed by atoms with E-state index in [4.69, 9.17) is 21.7 Å². The Morgan fingerprint density at radius 3 is 2.59 bits per heavy atom. The molecule has 6 nitrogen and oxygen atoms in total. The molecule has 2 aromatic carbocycles. The van der Waals surface area contributed by atoms with E-state index in [0.717, 1.165) is 17.4 Å². The Morgan fingerprint density at radius 1 is 1.22 bits per heavy atom. The molecular weight excluding hydrogens is 441 g/mol. The molecule has 1 N–H and O–H groups in total. The molecule has 0 unspecified atom stereocenters. The number of ether oxygens (including phenoxy) is 2. The van der Waals surface area contributed by atoms with E-state index >= 15 is 0 Å². The Kier molecular flexibility index (Phi) is 7.14. The predicted octanol–water partition coefficient (Wildman–Crippen LogP) is 5.39. The Balaban J connectivity index is 1.92. The second-order valence-corrected chi connectivity index (χ2v) is 7.02. The lowest BCUT2D eigenvalue weighted by atomic mass is 10.1. The average molecular weight is 462 g/mol. The lowest BCUT2D eigenvalue weighted by Crippen LogP contribution is -2.17. The highest BCUT2D eigenvalue weighted by atomic mass is 32.1. The lowest BCUT2D eigenvalue weighted by Gasteiger charge is -2.15. The van der Waals surface area contributed by atoms with Crippen molar-refractivity contribution in [2.75, 3.05) is 19.0 Å². The fourth-order valence-corrected chi connectivity index (χ4v) is 3.16. The molecule has 3 aromatic rings. The lowest BCUT2D eigenvalue weighted by molar-refractivity contribution is -0.136. The first-order valence-electron chi connectivity index (χ1n) is 9.61. The van der Waals surface area contributed by atoms with Gasteiger partial charge < -0.3 is 19.4 Å². The van der Waals surface area contributed by atoms with Gasteiger partial charge in [-0.1, -0.05) is 12.1 Å². The van der Waals surface area contributed by atoms with Crippen LogP contribution in [0.25, 0.3) is 5.69 Å².